The van der Waals surface area contributed by atoms with Gasteiger partial charge in [0.05, 0.1) is 16.1 Å². The Morgan fingerprint density at radius 1 is 1.45 bits per heavy atom. The third kappa shape index (κ3) is 3.69. The molecule has 0 heterocycles. The van der Waals surface area contributed by atoms with Crippen molar-refractivity contribution >= 4 is 45.0 Å². The van der Waals surface area contributed by atoms with Crippen molar-refractivity contribution < 1.29 is 4.79 Å². The molecule has 110 valence electrons. The Kier molecular flexibility index (Phi) is 5.38. The van der Waals surface area contributed by atoms with E-state index in [0.717, 1.165) is 30.2 Å². The summed E-state index contributed by atoms with van der Waals surface area (Å²) < 4.78 is 0.859. The summed E-state index contributed by atoms with van der Waals surface area (Å²) in [5.74, 6) is 1.01. The number of benzene rings is 1. The average Bonchev–Trinajstić information content (AvgIpc) is 2.41. The van der Waals surface area contributed by atoms with E-state index in [1.54, 1.807) is 12.1 Å². The number of carbonyl (C=O) groups is 1. The third-order valence-electron chi connectivity index (χ3n) is 4.04. The van der Waals surface area contributed by atoms with E-state index in [4.69, 9.17) is 23.2 Å². The minimum absolute atomic E-state index is 0.141. The fourth-order valence-corrected chi connectivity index (χ4v) is 3.68. The Balaban J connectivity index is 2.13. The summed E-state index contributed by atoms with van der Waals surface area (Å²) in [5.41, 5.74) is 0.208. The predicted molar refractivity (Wildman–Crippen MR) is 87.7 cm³/mol. The standard InChI is InChI=1S/C15H18BrCl2NO/c1-10-4-6-15(9-17,7-5-10)19-14(20)12-3-2-11(16)8-13(12)18/h2-3,8,10H,4-7,9H2,1H3,(H,19,20). The van der Waals surface area contributed by atoms with Gasteiger partial charge in [0.2, 0.25) is 0 Å². The quantitative estimate of drug-likeness (QED) is 0.735. The zero-order chi connectivity index (χ0) is 14.8. The van der Waals surface area contributed by atoms with Gasteiger partial charge in [0.1, 0.15) is 0 Å². The summed E-state index contributed by atoms with van der Waals surface area (Å²) in [4.78, 5) is 12.4. The minimum atomic E-state index is -0.290. The van der Waals surface area contributed by atoms with E-state index in [9.17, 15) is 4.79 Å². The molecule has 1 aromatic rings. The number of rotatable bonds is 3. The predicted octanol–water partition coefficient (Wildman–Crippen LogP) is 5.02. The zero-order valence-electron chi connectivity index (χ0n) is 11.4. The van der Waals surface area contributed by atoms with Crippen LogP contribution in [0.1, 0.15) is 43.0 Å². The van der Waals surface area contributed by atoms with Crippen molar-refractivity contribution in [3.63, 3.8) is 0 Å². The minimum Gasteiger partial charge on any atom is -0.345 e. The Hall–Kier alpha value is -0.250. The van der Waals surface area contributed by atoms with Gasteiger partial charge >= 0.3 is 0 Å². The molecule has 0 aromatic heterocycles. The molecule has 1 amide bonds. The highest BCUT2D eigenvalue weighted by atomic mass is 79.9. The Labute approximate surface area is 138 Å². The lowest BCUT2D eigenvalue weighted by atomic mass is 9.78. The Bertz CT molecular complexity index is 499. The summed E-state index contributed by atoms with van der Waals surface area (Å²) in [5, 5.41) is 3.56. The van der Waals surface area contributed by atoms with E-state index in [1.165, 1.54) is 0 Å². The lowest BCUT2D eigenvalue weighted by Gasteiger charge is -2.38. The largest absolute Gasteiger partial charge is 0.345 e. The molecule has 1 aliphatic carbocycles. The van der Waals surface area contributed by atoms with Crippen molar-refractivity contribution in [2.45, 2.75) is 38.1 Å². The van der Waals surface area contributed by atoms with E-state index in [1.807, 2.05) is 6.07 Å². The smallest absolute Gasteiger partial charge is 0.253 e. The highest BCUT2D eigenvalue weighted by molar-refractivity contribution is 9.10. The molecule has 1 N–H and O–H groups in total. The van der Waals surface area contributed by atoms with Crippen LogP contribution < -0.4 is 5.32 Å². The van der Waals surface area contributed by atoms with Crippen LogP contribution in [0.4, 0.5) is 0 Å². The molecule has 2 nitrogen and oxygen atoms in total. The van der Waals surface area contributed by atoms with Crippen molar-refractivity contribution in [3.8, 4) is 0 Å². The second kappa shape index (κ2) is 6.67. The molecule has 20 heavy (non-hydrogen) atoms. The summed E-state index contributed by atoms with van der Waals surface area (Å²) in [6, 6.07) is 5.28. The van der Waals surface area contributed by atoms with Crippen LogP contribution in [0.3, 0.4) is 0 Å². The summed E-state index contributed by atoms with van der Waals surface area (Å²) in [7, 11) is 0. The number of amides is 1. The maximum absolute atomic E-state index is 12.4. The second-order valence-corrected chi connectivity index (χ2v) is 7.26. The highest BCUT2D eigenvalue weighted by Crippen LogP contribution is 2.33. The SMILES string of the molecule is CC1CCC(CCl)(NC(=O)c2ccc(Br)cc2Cl)CC1. The van der Waals surface area contributed by atoms with Gasteiger partial charge in [-0.15, -0.1) is 11.6 Å². The second-order valence-electron chi connectivity index (χ2n) is 5.67. The number of hydrogen-bond acceptors (Lipinski definition) is 1. The maximum Gasteiger partial charge on any atom is 0.253 e. The number of nitrogens with one attached hydrogen (secondary N) is 1. The van der Waals surface area contributed by atoms with Crippen LogP contribution in [0.25, 0.3) is 0 Å². The van der Waals surface area contributed by atoms with Gasteiger partial charge in [-0.2, -0.15) is 0 Å². The molecule has 0 unspecified atom stereocenters. The van der Waals surface area contributed by atoms with Crippen LogP contribution in [0.5, 0.6) is 0 Å². The summed E-state index contributed by atoms with van der Waals surface area (Å²) >= 11 is 15.6. The van der Waals surface area contributed by atoms with Crippen molar-refractivity contribution in [2.24, 2.45) is 5.92 Å². The number of hydrogen-bond donors (Lipinski definition) is 1. The van der Waals surface area contributed by atoms with Gasteiger partial charge in [-0.25, -0.2) is 0 Å². The first-order chi connectivity index (χ1) is 9.46. The lowest BCUT2D eigenvalue weighted by Crippen LogP contribution is -2.52. The molecule has 1 aliphatic rings. The van der Waals surface area contributed by atoms with E-state index in [0.29, 0.717) is 22.4 Å². The lowest BCUT2D eigenvalue weighted by molar-refractivity contribution is 0.0872. The fourth-order valence-electron chi connectivity index (χ4n) is 2.59. The molecule has 0 bridgehead atoms. The molecule has 0 atom stereocenters. The van der Waals surface area contributed by atoms with Crippen LogP contribution in [0, 0.1) is 5.92 Å². The molecule has 2 rings (SSSR count). The van der Waals surface area contributed by atoms with Crippen LogP contribution in [-0.4, -0.2) is 17.3 Å². The van der Waals surface area contributed by atoms with Gasteiger partial charge in [-0.1, -0.05) is 34.5 Å². The zero-order valence-corrected chi connectivity index (χ0v) is 14.5. The van der Waals surface area contributed by atoms with Crippen LogP contribution in [0.15, 0.2) is 22.7 Å². The maximum atomic E-state index is 12.4. The van der Waals surface area contributed by atoms with E-state index >= 15 is 0 Å². The van der Waals surface area contributed by atoms with Crippen molar-refractivity contribution in [1.82, 2.24) is 5.32 Å². The molecular weight excluding hydrogens is 361 g/mol. The van der Waals surface area contributed by atoms with Crippen molar-refractivity contribution in [3.05, 3.63) is 33.3 Å². The Morgan fingerprint density at radius 3 is 2.65 bits per heavy atom. The van der Waals surface area contributed by atoms with Crippen LogP contribution in [0.2, 0.25) is 5.02 Å². The van der Waals surface area contributed by atoms with Gasteiger partial charge in [0.25, 0.3) is 5.91 Å². The number of alkyl halides is 1. The van der Waals surface area contributed by atoms with Gasteiger partial charge in [0.15, 0.2) is 0 Å². The van der Waals surface area contributed by atoms with Gasteiger partial charge in [-0.3, -0.25) is 4.79 Å². The molecule has 1 fully saturated rings. The van der Waals surface area contributed by atoms with Crippen molar-refractivity contribution in [2.75, 3.05) is 5.88 Å². The van der Waals surface area contributed by atoms with Gasteiger partial charge < -0.3 is 5.32 Å². The normalized spacial score (nSPS) is 26.3. The third-order valence-corrected chi connectivity index (χ3v) is 5.36. The first kappa shape index (κ1) is 16.1. The molecule has 1 aromatic carbocycles. The molecule has 0 spiro atoms. The fraction of sp³-hybridized carbons (Fsp3) is 0.533. The molecule has 0 radical (unpaired) electrons. The van der Waals surface area contributed by atoms with E-state index in [2.05, 4.69) is 28.2 Å². The molecule has 0 aliphatic heterocycles. The van der Waals surface area contributed by atoms with Crippen LogP contribution >= 0.6 is 39.1 Å². The molecule has 1 saturated carbocycles. The van der Waals surface area contributed by atoms with E-state index in [-0.39, 0.29) is 11.4 Å². The molecule has 0 saturated heterocycles. The first-order valence-corrected chi connectivity index (χ1v) is 8.50. The highest BCUT2D eigenvalue weighted by Gasteiger charge is 2.35. The van der Waals surface area contributed by atoms with Gasteiger partial charge in [-0.05, 0) is 49.8 Å². The van der Waals surface area contributed by atoms with Gasteiger partial charge in [0, 0.05) is 10.4 Å². The summed E-state index contributed by atoms with van der Waals surface area (Å²) in [6.45, 7) is 2.24. The molecule has 5 heteroatoms. The Morgan fingerprint density at radius 2 is 2.10 bits per heavy atom. The number of halogens is 3. The van der Waals surface area contributed by atoms with Crippen molar-refractivity contribution in [1.29, 1.82) is 0 Å². The number of carbonyl (C=O) groups excluding carboxylic acids is 1. The average molecular weight is 379 g/mol. The first-order valence-electron chi connectivity index (χ1n) is 6.79. The van der Waals surface area contributed by atoms with E-state index < -0.39 is 0 Å². The monoisotopic (exact) mass is 377 g/mol. The summed E-state index contributed by atoms with van der Waals surface area (Å²) in [6.07, 6.45) is 4.05. The topological polar surface area (TPSA) is 29.1 Å². The van der Waals surface area contributed by atoms with Crippen LogP contribution in [-0.2, 0) is 0 Å². The molecular formula is C15H18BrCl2NO.